The second kappa shape index (κ2) is 11.9. The van der Waals surface area contributed by atoms with Crippen LogP contribution in [0.4, 0.5) is 10.2 Å². The van der Waals surface area contributed by atoms with Gasteiger partial charge in [-0.1, -0.05) is 23.7 Å². The van der Waals surface area contributed by atoms with Gasteiger partial charge in [-0.05, 0) is 56.8 Å². The molecule has 0 saturated carbocycles. The molecule has 36 heavy (non-hydrogen) atoms. The second-order valence-electron chi connectivity index (χ2n) is 9.15. The van der Waals surface area contributed by atoms with Crippen molar-refractivity contribution < 1.29 is 13.9 Å². The number of amides is 1. The minimum absolute atomic E-state index is 0.101. The van der Waals surface area contributed by atoms with Crippen LogP contribution < -0.4 is 4.90 Å². The minimum Gasteiger partial charge on any atom is -0.385 e. The largest absolute Gasteiger partial charge is 0.385 e. The van der Waals surface area contributed by atoms with Gasteiger partial charge in [0.15, 0.2) is 0 Å². The molecule has 1 fully saturated rings. The number of hydrogen-bond acceptors (Lipinski definition) is 5. The van der Waals surface area contributed by atoms with Gasteiger partial charge < -0.3 is 19.4 Å². The Hall–Kier alpha value is -2.94. The molecule has 0 radical (unpaired) electrons. The SMILES string of the molecule is COCCCN(Cc1c(C)nn(-c2cccc(F)c2)c1N1CCN(C)CC1)C(=O)c1cccc(Cl)c1. The van der Waals surface area contributed by atoms with E-state index in [-0.39, 0.29) is 11.7 Å². The predicted molar refractivity (Wildman–Crippen MR) is 141 cm³/mol. The maximum atomic E-state index is 14.2. The number of aromatic nitrogens is 2. The fraction of sp³-hybridized carbons (Fsp3) is 0.407. The van der Waals surface area contributed by atoms with E-state index in [4.69, 9.17) is 21.4 Å². The summed E-state index contributed by atoms with van der Waals surface area (Å²) in [5, 5.41) is 5.34. The average Bonchev–Trinajstić information content (AvgIpc) is 3.19. The maximum absolute atomic E-state index is 14.2. The molecule has 0 N–H and O–H groups in total. The average molecular weight is 514 g/mol. The molecule has 2 aromatic carbocycles. The lowest BCUT2D eigenvalue weighted by atomic mass is 10.1. The standard InChI is InChI=1S/C27H33ClFN5O2/c1-20-25(19-33(11-6-16-36-3)27(35)21-7-4-8-22(28)17-21)26(32-14-12-31(2)13-15-32)34(30-20)24-10-5-9-23(29)18-24/h4-5,7-10,17-18H,6,11-16,19H2,1-3H3. The number of hydrogen-bond donors (Lipinski definition) is 0. The zero-order valence-electron chi connectivity index (χ0n) is 21.1. The molecule has 0 spiro atoms. The minimum atomic E-state index is -0.316. The number of nitrogens with zero attached hydrogens (tertiary/aromatic N) is 5. The number of ether oxygens (including phenoxy) is 1. The summed E-state index contributed by atoms with van der Waals surface area (Å²) >= 11 is 6.18. The summed E-state index contributed by atoms with van der Waals surface area (Å²) in [6.45, 7) is 6.83. The van der Waals surface area contributed by atoms with Gasteiger partial charge in [-0.3, -0.25) is 4.79 Å². The van der Waals surface area contributed by atoms with Gasteiger partial charge in [0, 0.05) is 62.6 Å². The smallest absolute Gasteiger partial charge is 0.254 e. The molecular weight excluding hydrogens is 481 g/mol. The highest BCUT2D eigenvalue weighted by atomic mass is 35.5. The lowest BCUT2D eigenvalue weighted by Gasteiger charge is -2.35. The molecule has 3 aromatic rings. The number of carbonyl (C=O) groups excluding carboxylic acids is 1. The van der Waals surface area contributed by atoms with Crippen molar-refractivity contribution >= 4 is 23.3 Å². The van der Waals surface area contributed by atoms with Crippen LogP contribution in [0.25, 0.3) is 5.69 Å². The molecular formula is C27H33ClFN5O2. The van der Waals surface area contributed by atoms with E-state index in [1.54, 1.807) is 37.4 Å². The number of halogens is 2. The van der Waals surface area contributed by atoms with Crippen LogP contribution in [0, 0.1) is 12.7 Å². The molecule has 7 nitrogen and oxygen atoms in total. The Kier molecular flexibility index (Phi) is 8.61. The Bertz CT molecular complexity index is 1190. The van der Waals surface area contributed by atoms with E-state index < -0.39 is 0 Å². The topological polar surface area (TPSA) is 53.8 Å². The molecule has 192 valence electrons. The van der Waals surface area contributed by atoms with E-state index in [9.17, 15) is 9.18 Å². The molecule has 0 unspecified atom stereocenters. The zero-order chi connectivity index (χ0) is 25.7. The summed E-state index contributed by atoms with van der Waals surface area (Å²) in [6, 6.07) is 13.5. The third-order valence-corrected chi connectivity index (χ3v) is 6.73. The van der Waals surface area contributed by atoms with E-state index >= 15 is 0 Å². The Balaban J connectivity index is 1.74. The van der Waals surface area contributed by atoms with Crippen molar-refractivity contribution in [3.63, 3.8) is 0 Å². The summed E-state index contributed by atoms with van der Waals surface area (Å²) in [6.07, 6.45) is 0.698. The van der Waals surface area contributed by atoms with Crippen LogP contribution in [0.5, 0.6) is 0 Å². The third kappa shape index (κ3) is 6.06. The molecule has 1 aliphatic rings. The van der Waals surface area contributed by atoms with Crippen LogP contribution in [-0.4, -0.2) is 79.0 Å². The van der Waals surface area contributed by atoms with E-state index in [2.05, 4.69) is 16.8 Å². The second-order valence-corrected chi connectivity index (χ2v) is 9.59. The summed E-state index contributed by atoms with van der Waals surface area (Å²) in [5.74, 6) is 0.488. The molecule has 1 aromatic heterocycles. The first kappa shape index (κ1) is 26.1. The molecule has 1 aliphatic heterocycles. The molecule has 2 heterocycles. The van der Waals surface area contributed by atoms with Gasteiger partial charge in [-0.2, -0.15) is 5.10 Å². The van der Waals surface area contributed by atoms with Crippen molar-refractivity contribution in [2.45, 2.75) is 19.9 Å². The van der Waals surface area contributed by atoms with E-state index in [0.717, 1.165) is 43.3 Å². The van der Waals surface area contributed by atoms with Gasteiger partial charge in [-0.15, -0.1) is 0 Å². The Morgan fingerprint density at radius 2 is 1.89 bits per heavy atom. The van der Waals surface area contributed by atoms with Crippen molar-refractivity contribution in [1.29, 1.82) is 0 Å². The van der Waals surface area contributed by atoms with Crippen LogP contribution >= 0.6 is 11.6 Å². The lowest BCUT2D eigenvalue weighted by molar-refractivity contribution is 0.0723. The molecule has 0 atom stereocenters. The zero-order valence-corrected chi connectivity index (χ0v) is 21.8. The normalized spacial score (nSPS) is 14.3. The molecule has 1 saturated heterocycles. The molecule has 1 amide bonds. The van der Waals surface area contributed by atoms with Crippen molar-refractivity contribution in [3.05, 3.63) is 76.2 Å². The number of likely N-dealkylation sites (N-methyl/N-ethyl adjacent to an activating group) is 1. The lowest BCUT2D eigenvalue weighted by Crippen LogP contribution is -2.45. The summed E-state index contributed by atoms with van der Waals surface area (Å²) < 4.78 is 21.2. The van der Waals surface area contributed by atoms with Gasteiger partial charge in [0.05, 0.1) is 17.9 Å². The fourth-order valence-electron chi connectivity index (χ4n) is 4.51. The van der Waals surface area contributed by atoms with Crippen molar-refractivity contribution in [2.75, 3.05) is 58.4 Å². The first-order valence-electron chi connectivity index (χ1n) is 12.2. The Morgan fingerprint density at radius 1 is 1.14 bits per heavy atom. The number of carbonyl (C=O) groups is 1. The molecule has 9 heteroatoms. The van der Waals surface area contributed by atoms with Gasteiger partial charge in [0.25, 0.3) is 5.91 Å². The number of piperazine rings is 1. The highest BCUT2D eigenvalue weighted by molar-refractivity contribution is 6.30. The third-order valence-electron chi connectivity index (χ3n) is 6.50. The van der Waals surface area contributed by atoms with Crippen LogP contribution in [0.3, 0.4) is 0 Å². The summed E-state index contributed by atoms with van der Waals surface area (Å²) in [7, 11) is 3.76. The van der Waals surface area contributed by atoms with Crippen LogP contribution in [0.15, 0.2) is 48.5 Å². The van der Waals surface area contributed by atoms with Crippen LogP contribution in [0.2, 0.25) is 5.02 Å². The first-order valence-corrected chi connectivity index (χ1v) is 12.6. The fourth-order valence-corrected chi connectivity index (χ4v) is 4.70. The predicted octanol–water partition coefficient (Wildman–Crippen LogP) is 4.40. The molecule has 0 aliphatic carbocycles. The van der Waals surface area contributed by atoms with Crippen LogP contribution in [0.1, 0.15) is 28.0 Å². The number of methoxy groups -OCH3 is 1. The molecule has 4 rings (SSSR count). The van der Waals surface area contributed by atoms with Crippen molar-refractivity contribution in [3.8, 4) is 5.69 Å². The van der Waals surface area contributed by atoms with Gasteiger partial charge in [0.2, 0.25) is 0 Å². The van der Waals surface area contributed by atoms with E-state index in [0.29, 0.717) is 42.4 Å². The van der Waals surface area contributed by atoms with Crippen LogP contribution in [-0.2, 0) is 11.3 Å². The van der Waals surface area contributed by atoms with Crippen molar-refractivity contribution in [1.82, 2.24) is 19.6 Å². The molecule has 0 bridgehead atoms. The highest BCUT2D eigenvalue weighted by Gasteiger charge is 2.27. The Morgan fingerprint density at radius 3 is 2.58 bits per heavy atom. The van der Waals surface area contributed by atoms with Gasteiger partial charge >= 0.3 is 0 Å². The number of benzene rings is 2. The quantitative estimate of drug-likeness (QED) is 0.397. The number of rotatable bonds is 9. The van der Waals surface area contributed by atoms with E-state index in [1.807, 2.05) is 22.6 Å². The van der Waals surface area contributed by atoms with Gasteiger partial charge in [0.1, 0.15) is 11.6 Å². The van der Waals surface area contributed by atoms with Crippen molar-refractivity contribution in [2.24, 2.45) is 0 Å². The van der Waals surface area contributed by atoms with Gasteiger partial charge in [-0.25, -0.2) is 9.07 Å². The maximum Gasteiger partial charge on any atom is 0.254 e. The Labute approximate surface area is 217 Å². The number of anilines is 1. The monoisotopic (exact) mass is 513 g/mol. The van der Waals surface area contributed by atoms with E-state index in [1.165, 1.54) is 12.1 Å². The summed E-state index contributed by atoms with van der Waals surface area (Å²) in [5.41, 5.74) is 2.96. The first-order chi connectivity index (χ1) is 17.4. The summed E-state index contributed by atoms with van der Waals surface area (Å²) in [4.78, 5) is 20.0. The number of aryl methyl sites for hydroxylation is 1. The highest BCUT2D eigenvalue weighted by Crippen LogP contribution is 2.30.